The van der Waals surface area contributed by atoms with E-state index in [9.17, 15) is 4.79 Å². The third kappa shape index (κ3) is 1.16. The van der Waals surface area contributed by atoms with Crippen LogP contribution in [0.25, 0.3) is 0 Å². The summed E-state index contributed by atoms with van der Waals surface area (Å²) < 4.78 is 16.1. The predicted octanol–water partition coefficient (Wildman–Crippen LogP) is 0.104. The molecule has 3 atom stereocenters. The van der Waals surface area contributed by atoms with Crippen LogP contribution in [0.5, 0.6) is 0 Å². The summed E-state index contributed by atoms with van der Waals surface area (Å²) in [4.78, 5) is 10.5. The second kappa shape index (κ2) is 2.52. The lowest BCUT2D eigenvalue weighted by atomic mass is 10.2. The van der Waals surface area contributed by atoms with Crippen LogP contribution in [0, 0.1) is 0 Å². The molecular weight excluding hydrogens is 160 g/mol. The van der Waals surface area contributed by atoms with Crippen molar-refractivity contribution in [3.05, 3.63) is 0 Å². The third-order valence-electron chi connectivity index (χ3n) is 2.13. The van der Waals surface area contributed by atoms with Crippen LogP contribution < -0.4 is 0 Å². The normalized spacial score (nSPS) is 44.3. The van der Waals surface area contributed by atoms with Gasteiger partial charge in [0.2, 0.25) is 0 Å². The fourth-order valence-electron chi connectivity index (χ4n) is 1.69. The largest absolute Gasteiger partial charge is 0.365 e. The molecule has 2 saturated heterocycles. The van der Waals surface area contributed by atoms with Gasteiger partial charge in [-0.25, -0.2) is 0 Å². The highest BCUT2D eigenvalue weighted by atomic mass is 16.8. The van der Waals surface area contributed by atoms with Crippen molar-refractivity contribution < 1.29 is 19.0 Å². The predicted molar refractivity (Wildman–Crippen MR) is 39.6 cm³/mol. The summed E-state index contributed by atoms with van der Waals surface area (Å²) in [5, 5.41) is 0. The quantitative estimate of drug-likeness (QED) is 0.526. The summed E-state index contributed by atoms with van der Waals surface area (Å²) >= 11 is 0. The highest BCUT2D eigenvalue weighted by Crippen LogP contribution is 2.34. The van der Waals surface area contributed by atoms with Crippen LogP contribution in [0.4, 0.5) is 0 Å². The highest BCUT2D eigenvalue weighted by molar-refractivity contribution is 5.58. The van der Waals surface area contributed by atoms with Gasteiger partial charge in [-0.3, -0.25) is 0 Å². The molecule has 0 amide bonds. The van der Waals surface area contributed by atoms with Gasteiger partial charge in [-0.15, -0.1) is 0 Å². The van der Waals surface area contributed by atoms with Gasteiger partial charge in [-0.05, 0) is 13.8 Å². The molecule has 68 valence electrons. The molecule has 2 rings (SSSR count). The van der Waals surface area contributed by atoms with E-state index < -0.39 is 11.9 Å². The molecular formula is C8H12O4. The lowest BCUT2D eigenvalue weighted by molar-refractivity contribution is -0.174. The number of aldehydes is 1. The maximum atomic E-state index is 10.5. The molecule has 4 heteroatoms. The summed E-state index contributed by atoms with van der Waals surface area (Å²) in [6, 6.07) is 0. The number of hydrogen-bond donors (Lipinski definition) is 0. The van der Waals surface area contributed by atoms with Crippen LogP contribution in [0.3, 0.4) is 0 Å². The van der Waals surface area contributed by atoms with Crippen molar-refractivity contribution in [1.29, 1.82) is 0 Å². The van der Waals surface area contributed by atoms with Gasteiger partial charge in [0.05, 0.1) is 6.61 Å². The summed E-state index contributed by atoms with van der Waals surface area (Å²) in [6.45, 7) is 4.14. The van der Waals surface area contributed by atoms with Gasteiger partial charge in [-0.1, -0.05) is 0 Å². The van der Waals surface area contributed by atoms with Crippen LogP contribution in [0.2, 0.25) is 0 Å². The zero-order valence-corrected chi connectivity index (χ0v) is 7.15. The van der Waals surface area contributed by atoms with E-state index >= 15 is 0 Å². The number of rotatable bonds is 1. The molecule has 0 N–H and O–H groups in total. The van der Waals surface area contributed by atoms with E-state index in [0.717, 1.165) is 6.29 Å². The Kier molecular flexibility index (Phi) is 1.71. The lowest BCUT2D eigenvalue weighted by Gasteiger charge is -2.19. The van der Waals surface area contributed by atoms with Gasteiger partial charge in [-0.2, -0.15) is 0 Å². The third-order valence-corrected chi connectivity index (χ3v) is 2.13. The first-order valence-corrected chi connectivity index (χ1v) is 4.05. The van der Waals surface area contributed by atoms with Gasteiger partial charge in [0.25, 0.3) is 0 Å². The standard InChI is InChI=1S/C8H12O4/c1-8(2)11-6-4-10-5(3-9)7(6)12-8/h3,5-7H,4H2,1-2H3/t5-,6-,7+/m1/s1. The Morgan fingerprint density at radius 3 is 2.83 bits per heavy atom. The van der Waals surface area contributed by atoms with Crippen LogP contribution in [-0.4, -0.2) is 37.0 Å². The molecule has 0 bridgehead atoms. The average molecular weight is 172 g/mol. The van der Waals surface area contributed by atoms with Gasteiger partial charge in [0.1, 0.15) is 18.3 Å². The molecule has 0 saturated carbocycles. The summed E-state index contributed by atoms with van der Waals surface area (Å²) in [5.74, 6) is -0.569. The minimum atomic E-state index is -0.569. The van der Waals surface area contributed by atoms with Crippen LogP contribution in [-0.2, 0) is 19.0 Å². The van der Waals surface area contributed by atoms with Crippen LogP contribution in [0.15, 0.2) is 0 Å². The number of carbonyl (C=O) groups is 1. The topological polar surface area (TPSA) is 44.8 Å². The fraction of sp³-hybridized carbons (Fsp3) is 0.875. The van der Waals surface area contributed by atoms with E-state index in [0.29, 0.717) is 6.61 Å². The molecule has 12 heavy (non-hydrogen) atoms. The minimum Gasteiger partial charge on any atom is -0.365 e. The number of ether oxygens (including phenoxy) is 3. The monoisotopic (exact) mass is 172 g/mol. The minimum absolute atomic E-state index is 0.0739. The van der Waals surface area contributed by atoms with Crippen molar-refractivity contribution in [2.45, 2.75) is 37.9 Å². The molecule has 2 aliphatic heterocycles. The SMILES string of the molecule is CC1(C)O[C@H]2[C@@H](C=O)OC[C@H]2O1. The number of hydrogen-bond acceptors (Lipinski definition) is 4. The molecule has 4 nitrogen and oxygen atoms in total. The first kappa shape index (κ1) is 8.16. The van der Waals surface area contributed by atoms with Gasteiger partial charge in [0, 0.05) is 0 Å². The molecule has 2 heterocycles. The van der Waals surface area contributed by atoms with E-state index in [-0.39, 0.29) is 12.2 Å². The van der Waals surface area contributed by atoms with Crippen molar-refractivity contribution in [2.75, 3.05) is 6.61 Å². The molecule has 2 aliphatic rings. The summed E-state index contributed by atoms with van der Waals surface area (Å²) in [7, 11) is 0. The molecule has 0 spiro atoms. The maximum absolute atomic E-state index is 10.5. The molecule has 2 fully saturated rings. The van der Waals surface area contributed by atoms with Gasteiger partial charge < -0.3 is 19.0 Å². The molecule has 0 aromatic rings. The summed E-state index contributed by atoms with van der Waals surface area (Å²) in [5.41, 5.74) is 0. The smallest absolute Gasteiger partial charge is 0.164 e. The number of carbonyl (C=O) groups excluding carboxylic acids is 1. The fourth-order valence-corrected chi connectivity index (χ4v) is 1.69. The van der Waals surface area contributed by atoms with E-state index in [4.69, 9.17) is 14.2 Å². The maximum Gasteiger partial charge on any atom is 0.164 e. The van der Waals surface area contributed by atoms with E-state index in [1.807, 2.05) is 13.8 Å². The zero-order valence-electron chi connectivity index (χ0n) is 7.15. The van der Waals surface area contributed by atoms with E-state index in [1.165, 1.54) is 0 Å². The Balaban J connectivity index is 2.11. The Bertz CT molecular complexity index is 201. The van der Waals surface area contributed by atoms with E-state index in [2.05, 4.69) is 0 Å². The van der Waals surface area contributed by atoms with Crippen LogP contribution in [0.1, 0.15) is 13.8 Å². The highest BCUT2D eigenvalue weighted by Gasteiger charge is 2.49. The molecule has 0 radical (unpaired) electrons. The van der Waals surface area contributed by atoms with Crippen LogP contribution >= 0.6 is 0 Å². The summed E-state index contributed by atoms with van der Waals surface area (Å²) in [6.07, 6.45) is 0.0413. The average Bonchev–Trinajstić information content (AvgIpc) is 2.42. The van der Waals surface area contributed by atoms with E-state index in [1.54, 1.807) is 0 Å². The first-order valence-electron chi connectivity index (χ1n) is 4.05. The Morgan fingerprint density at radius 1 is 1.42 bits per heavy atom. The van der Waals surface area contributed by atoms with Gasteiger partial charge in [0.15, 0.2) is 12.1 Å². The lowest BCUT2D eigenvalue weighted by Crippen LogP contribution is -2.30. The molecule has 0 aromatic heterocycles. The second-order valence-electron chi connectivity index (χ2n) is 3.57. The van der Waals surface area contributed by atoms with Crippen molar-refractivity contribution in [3.8, 4) is 0 Å². The van der Waals surface area contributed by atoms with Crippen molar-refractivity contribution in [3.63, 3.8) is 0 Å². The Labute approximate surface area is 70.8 Å². The molecule has 0 unspecified atom stereocenters. The van der Waals surface area contributed by atoms with Gasteiger partial charge >= 0.3 is 0 Å². The number of fused-ring (bicyclic) bond motifs is 1. The van der Waals surface area contributed by atoms with Crippen molar-refractivity contribution >= 4 is 6.29 Å². The Hall–Kier alpha value is -0.450. The molecule has 0 aliphatic carbocycles. The van der Waals surface area contributed by atoms with Crippen molar-refractivity contribution in [2.24, 2.45) is 0 Å². The second-order valence-corrected chi connectivity index (χ2v) is 3.57. The Morgan fingerprint density at radius 2 is 2.17 bits per heavy atom. The van der Waals surface area contributed by atoms with Crippen molar-refractivity contribution in [1.82, 2.24) is 0 Å². The molecule has 0 aromatic carbocycles. The zero-order chi connectivity index (χ0) is 8.77. The first-order chi connectivity index (χ1) is 5.62.